The van der Waals surface area contributed by atoms with E-state index in [1.807, 2.05) is 0 Å². The number of hydrogen-bond acceptors (Lipinski definition) is 0. The molecule has 0 aliphatic heterocycles. The second kappa shape index (κ2) is 9.93. The van der Waals surface area contributed by atoms with Crippen molar-refractivity contribution in [2.45, 2.75) is 0 Å². The second-order valence-corrected chi connectivity index (χ2v) is 11.6. The molecule has 0 atom stereocenters. The van der Waals surface area contributed by atoms with Crippen molar-refractivity contribution < 1.29 is 0 Å². The Labute approximate surface area is 256 Å². The summed E-state index contributed by atoms with van der Waals surface area (Å²) in [4.78, 5) is 0. The van der Waals surface area contributed by atoms with Gasteiger partial charge in [0.2, 0.25) is 0 Å². The fraction of sp³-hybridized carbons (Fsp3) is 0. The van der Waals surface area contributed by atoms with E-state index in [1.54, 1.807) is 0 Å². The van der Waals surface area contributed by atoms with Gasteiger partial charge < -0.3 is 0 Å². The van der Waals surface area contributed by atoms with Crippen LogP contribution in [0, 0.1) is 0 Å². The summed E-state index contributed by atoms with van der Waals surface area (Å²) in [6.07, 6.45) is 0. The molecule has 0 heteroatoms. The molecule has 9 rings (SSSR count). The maximum Gasteiger partial charge on any atom is -0.00261 e. The Bertz CT molecular complexity index is 2490. The third-order valence-electron chi connectivity index (χ3n) is 9.23. The third-order valence-corrected chi connectivity index (χ3v) is 9.23. The molecule has 0 fully saturated rings. The molecule has 0 unspecified atom stereocenters. The SMILES string of the molecule is c1ccc(-c2ccc3c(-c4ccc5c6ccccc6c6ccccc6c5c4)c4ccccc4c(-c4ccccc4)c3c2)cc1. The topological polar surface area (TPSA) is 0 Å². The van der Waals surface area contributed by atoms with Crippen LogP contribution in [0.1, 0.15) is 0 Å². The minimum atomic E-state index is 1.23. The molecule has 0 aliphatic rings. The Morgan fingerprint density at radius 2 is 0.545 bits per heavy atom. The molecule has 0 bridgehead atoms. The summed E-state index contributed by atoms with van der Waals surface area (Å²) in [5.41, 5.74) is 7.51. The van der Waals surface area contributed by atoms with Gasteiger partial charge in [-0.3, -0.25) is 0 Å². The van der Waals surface area contributed by atoms with E-state index < -0.39 is 0 Å². The van der Waals surface area contributed by atoms with Crippen molar-refractivity contribution in [3.63, 3.8) is 0 Å². The highest BCUT2D eigenvalue weighted by Gasteiger charge is 2.18. The first-order valence-electron chi connectivity index (χ1n) is 15.3. The van der Waals surface area contributed by atoms with Gasteiger partial charge in [-0.2, -0.15) is 0 Å². The lowest BCUT2D eigenvalue weighted by Gasteiger charge is -2.19. The minimum Gasteiger partial charge on any atom is -0.0622 e. The Morgan fingerprint density at radius 1 is 0.182 bits per heavy atom. The predicted molar refractivity (Wildman–Crippen MR) is 190 cm³/mol. The van der Waals surface area contributed by atoms with Crippen LogP contribution in [0.2, 0.25) is 0 Å². The van der Waals surface area contributed by atoms with Crippen molar-refractivity contribution in [3.8, 4) is 33.4 Å². The van der Waals surface area contributed by atoms with E-state index in [1.165, 1.54) is 87.2 Å². The Kier molecular flexibility index (Phi) is 5.61. The fourth-order valence-electron chi connectivity index (χ4n) is 7.28. The highest BCUT2D eigenvalue weighted by Crippen LogP contribution is 2.46. The van der Waals surface area contributed by atoms with Crippen LogP contribution in [0.4, 0.5) is 0 Å². The van der Waals surface area contributed by atoms with E-state index in [2.05, 4.69) is 170 Å². The highest BCUT2D eigenvalue weighted by atomic mass is 14.2. The van der Waals surface area contributed by atoms with Gasteiger partial charge in [0, 0.05) is 0 Å². The summed E-state index contributed by atoms with van der Waals surface area (Å²) in [6, 6.07) is 62.3. The van der Waals surface area contributed by atoms with Gasteiger partial charge in [0.25, 0.3) is 0 Å². The quantitative estimate of drug-likeness (QED) is 0.150. The summed E-state index contributed by atoms with van der Waals surface area (Å²) >= 11 is 0. The molecule has 0 amide bonds. The van der Waals surface area contributed by atoms with Gasteiger partial charge in [0.1, 0.15) is 0 Å². The summed E-state index contributed by atoms with van der Waals surface area (Å²) in [6.45, 7) is 0. The van der Waals surface area contributed by atoms with Gasteiger partial charge in [0.15, 0.2) is 0 Å². The molecular weight excluding hydrogens is 528 g/mol. The third kappa shape index (κ3) is 3.78. The molecule has 0 N–H and O–H groups in total. The average molecular weight is 557 g/mol. The van der Waals surface area contributed by atoms with Gasteiger partial charge in [-0.05, 0) is 99.4 Å². The Hall–Kier alpha value is -5.72. The van der Waals surface area contributed by atoms with Crippen LogP contribution >= 0.6 is 0 Å². The lowest BCUT2D eigenvalue weighted by molar-refractivity contribution is 1.63. The molecule has 0 saturated carbocycles. The van der Waals surface area contributed by atoms with Crippen molar-refractivity contribution >= 4 is 53.9 Å². The standard InChI is InChI=1S/C44H28/c1-3-13-29(14-4-1)31-23-26-40-42(27-31)43(30-15-5-2-6-16-30)38-21-11-12-22-39(38)44(40)32-24-25-37-35-19-8-7-17-33(35)34-18-9-10-20-36(34)41(37)28-32/h1-28H. The summed E-state index contributed by atoms with van der Waals surface area (Å²) in [5, 5.41) is 12.9. The molecule has 0 saturated heterocycles. The zero-order valence-corrected chi connectivity index (χ0v) is 24.2. The van der Waals surface area contributed by atoms with Crippen LogP contribution in [-0.4, -0.2) is 0 Å². The number of fused-ring (bicyclic) bond motifs is 8. The van der Waals surface area contributed by atoms with E-state index in [9.17, 15) is 0 Å². The zero-order chi connectivity index (χ0) is 29.0. The van der Waals surface area contributed by atoms with E-state index in [-0.39, 0.29) is 0 Å². The predicted octanol–water partition coefficient (Wildman–Crippen LogP) is 12.5. The monoisotopic (exact) mass is 556 g/mol. The van der Waals surface area contributed by atoms with Crippen molar-refractivity contribution in [2.24, 2.45) is 0 Å². The van der Waals surface area contributed by atoms with E-state index >= 15 is 0 Å². The molecular formula is C44H28. The number of hydrogen-bond donors (Lipinski definition) is 0. The van der Waals surface area contributed by atoms with Gasteiger partial charge >= 0.3 is 0 Å². The highest BCUT2D eigenvalue weighted by molar-refractivity contribution is 6.27. The number of rotatable bonds is 3. The largest absolute Gasteiger partial charge is 0.0622 e. The first-order chi connectivity index (χ1) is 21.8. The average Bonchev–Trinajstić information content (AvgIpc) is 3.11. The molecule has 44 heavy (non-hydrogen) atoms. The second-order valence-electron chi connectivity index (χ2n) is 11.6. The van der Waals surface area contributed by atoms with E-state index in [4.69, 9.17) is 0 Å². The summed E-state index contributed by atoms with van der Waals surface area (Å²) in [5.74, 6) is 0. The van der Waals surface area contributed by atoms with Crippen molar-refractivity contribution in [1.29, 1.82) is 0 Å². The smallest absolute Gasteiger partial charge is 0.00261 e. The van der Waals surface area contributed by atoms with Gasteiger partial charge in [-0.1, -0.05) is 158 Å². The van der Waals surface area contributed by atoms with Gasteiger partial charge in [-0.15, -0.1) is 0 Å². The van der Waals surface area contributed by atoms with Crippen LogP contribution in [-0.2, 0) is 0 Å². The van der Waals surface area contributed by atoms with Crippen LogP contribution in [0.3, 0.4) is 0 Å². The van der Waals surface area contributed by atoms with Crippen molar-refractivity contribution in [1.82, 2.24) is 0 Å². The van der Waals surface area contributed by atoms with Crippen LogP contribution in [0.15, 0.2) is 170 Å². The summed E-state index contributed by atoms with van der Waals surface area (Å²) < 4.78 is 0. The lowest BCUT2D eigenvalue weighted by atomic mass is 9.84. The van der Waals surface area contributed by atoms with Crippen molar-refractivity contribution in [2.75, 3.05) is 0 Å². The van der Waals surface area contributed by atoms with Gasteiger partial charge in [0.05, 0.1) is 0 Å². The maximum atomic E-state index is 2.43. The zero-order valence-electron chi connectivity index (χ0n) is 24.2. The van der Waals surface area contributed by atoms with Crippen LogP contribution < -0.4 is 0 Å². The number of benzene rings is 9. The molecule has 0 aliphatic carbocycles. The molecule has 204 valence electrons. The Morgan fingerprint density at radius 3 is 1.14 bits per heavy atom. The maximum absolute atomic E-state index is 2.43. The molecule has 9 aromatic rings. The van der Waals surface area contributed by atoms with E-state index in [0.29, 0.717) is 0 Å². The molecule has 0 heterocycles. The minimum absolute atomic E-state index is 1.23. The van der Waals surface area contributed by atoms with Crippen LogP contribution in [0.5, 0.6) is 0 Å². The molecule has 0 nitrogen and oxygen atoms in total. The molecule has 9 aromatic carbocycles. The van der Waals surface area contributed by atoms with Crippen LogP contribution in [0.25, 0.3) is 87.2 Å². The first kappa shape index (κ1) is 24.8. The van der Waals surface area contributed by atoms with Gasteiger partial charge in [-0.25, -0.2) is 0 Å². The Balaban J connectivity index is 1.42. The van der Waals surface area contributed by atoms with Crippen molar-refractivity contribution in [3.05, 3.63) is 170 Å². The molecule has 0 aromatic heterocycles. The normalized spacial score (nSPS) is 11.6. The molecule has 0 radical (unpaired) electrons. The summed E-state index contributed by atoms with van der Waals surface area (Å²) in [7, 11) is 0. The lowest BCUT2D eigenvalue weighted by Crippen LogP contribution is -1.92. The first-order valence-corrected chi connectivity index (χ1v) is 15.3. The fourth-order valence-corrected chi connectivity index (χ4v) is 7.28. The molecule has 0 spiro atoms. The van der Waals surface area contributed by atoms with E-state index in [0.717, 1.165) is 0 Å².